The van der Waals surface area contributed by atoms with Crippen molar-refractivity contribution in [2.24, 2.45) is 5.92 Å². The molecule has 160 valence electrons. The van der Waals surface area contributed by atoms with Crippen LogP contribution < -0.4 is 10.6 Å². The summed E-state index contributed by atoms with van der Waals surface area (Å²) in [6.45, 7) is 0. The van der Waals surface area contributed by atoms with Crippen molar-refractivity contribution in [3.63, 3.8) is 0 Å². The zero-order valence-electron chi connectivity index (χ0n) is 17.4. The maximum Gasteiger partial charge on any atom is 0.255 e. The molecule has 1 aromatic carbocycles. The number of rotatable bonds is 5. The quantitative estimate of drug-likeness (QED) is 0.744. The third-order valence-corrected chi connectivity index (χ3v) is 6.92. The standard InChI is InChI=1S/C23H33N3O2.ClH/c1-26(19-7-3-2-4-8-19)23(28)20-9-5-6-10-21(20)25-22(27)15-16-13-17-11-12-18(14-16)24-17;/h5-6,9-10,16-19,24H,2-4,7-8,11-15H2,1H3,(H,25,27);1H. The van der Waals surface area contributed by atoms with E-state index in [2.05, 4.69) is 10.6 Å². The van der Waals surface area contributed by atoms with Crippen LogP contribution in [-0.4, -0.2) is 41.9 Å². The number of para-hydroxylation sites is 1. The molecule has 5 nitrogen and oxygen atoms in total. The van der Waals surface area contributed by atoms with Crippen molar-refractivity contribution < 1.29 is 9.59 Å². The molecular formula is C23H34ClN3O2. The van der Waals surface area contributed by atoms with Gasteiger partial charge in [-0.1, -0.05) is 31.4 Å². The minimum atomic E-state index is 0. The number of amides is 2. The Morgan fingerprint density at radius 3 is 2.38 bits per heavy atom. The highest BCUT2D eigenvalue weighted by molar-refractivity contribution is 6.03. The Labute approximate surface area is 180 Å². The van der Waals surface area contributed by atoms with Crippen molar-refractivity contribution in [2.45, 2.75) is 82.3 Å². The zero-order chi connectivity index (χ0) is 19.5. The van der Waals surface area contributed by atoms with E-state index in [1.165, 1.54) is 32.1 Å². The number of benzene rings is 1. The van der Waals surface area contributed by atoms with Crippen LogP contribution in [0.1, 0.15) is 74.6 Å². The third kappa shape index (κ3) is 5.32. The predicted molar refractivity (Wildman–Crippen MR) is 119 cm³/mol. The Kier molecular flexibility index (Phi) is 7.58. The first-order chi connectivity index (χ1) is 13.6. The first-order valence-corrected chi connectivity index (χ1v) is 11.0. The van der Waals surface area contributed by atoms with E-state index in [0.717, 1.165) is 25.7 Å². The van der Waals surface area contributed by atoms with Crippen LogP contribution in [-0.2, 0) is 4.79 Å². The molecule has 1 aromatic rings. The molecule has 4 rings (SSSR count). The van der Waals surface area contributed by atoms with Gasteiger partial charge in [0.25, 0.3) is 5.91 Å². The Bertz CT molecular complexity index is 708. The lowest BCUT2D eigenvalue weighted by Gasteiger charge is -2.32. The zero-order valence-corrected chi connectivity index (χ0v) is 18.2. The summed E-state index contributed by atoms with van der Waals surface area (Å²) in [7, 11) is 1.90. The number of anilines is 1. The molecule has 2 amide bonds. The van der Waals surface area contributed by atoms with Gasteiger partial charge in [0.2, 0.25) is 5.91 Å². The lowest BCUT2D eigenvalue weighted by Crippen LogP contribution is -2.39. The maximum absolute atomic E-state index is 13.1. The van der Waals surface area contributed by atoms with Gasteiger partial charge in [-0.15, -0.1) is 12.4 Å². The number of nitrogens with zero attached hydrogens (tertiary/aromatic N) is 1. The van der Waals surface area contributed by atoms with Gasteiger partial charge in [-0.3, -0.25) is 9.59 Å². The second-order valence-corrected chi connectivity index (χ2v) is 8.98. The Hall–Kier alpha value is -1.59. The molecule has 2 bridgehead atoms. The van der Waals surface area contributed by atoms with E-state index in [9.17, 15) is 9.59 Å². The molecule has 1 aliphatic carbocycles. The fourth-order valence-corrected chi connectivity index (χ4v) is 5.41. The molecule has 3 aliphatic rings. The summed E-state index contributed by atoms with van der Waals surface area (Å²) in [5.74, 6) is 0.501. The summed E-state index contributed by atoms with van der Waals surface area (Å²) in [6, 6.07) is 8.95. The second-order valence-electron chi connectivity index (χ2n) is 8.98. The van der Waals surface area contributed by atoms with Crippen molar-refractivity contribution >= 4 is 29.9 Å². The topological polar surface area (TPSA) is 61.4 Å². The van der Waals surface area contributed by atoms with Gasteiger partial charge in [-0.25, -0.2) is 0 Å². The molecule has 2 N–H and O–H groups in total. The van der Waals surface area contributed by atoms with E-state index in [0.29, 0.717) is 41.7 Å². The summed E-state index contributed by atoms with van der Waals surface area (Å²) in [6.07, 6.45) is 11.0. The van der Waals surface area contributed by atoms with Gasteiger partial charge in [0, 0.05) is 31.6 Å². The number of halogens is 1. The molecule has 29 heavy (non-hydrogen) atoms. The Morgan fingerprint density at radius 1 is 1.03 bits per heavy atom. The van der Waals surface area contributed by atoms with Crippen LogP contribution in [0.2, 0.25) is 0 Å². The average Bonchev–Trinajstić information content (AvgIpc) is 3.06. The van der Waals surface area contributed by atoms with Crippen molar-refractivity contribution in [1.29, 1.82) is 0 Å². The van der Waals surface area contributed by atoms with Gasteiger partial charge in [-0.2, -0.15) is 0 Å². The van der Waals surface area contributed by atoms with Gasteiger partial charge in [0.15, 0.2) is 0 Å². The normalized spacial score (nSPS) is 26.4. The minimum Gasteiger partial charge on any atom is -0.339 e. The van der Waals surface area contributed by atoms with Crippen LogP contribution in [0.4, 0.5) is 5.69 Å². The highest BCUT2D eigenvalue weighted by Gasteiger charge is 2.34. The van der Waals surface area contributed by atoms with Gasteiger partial charge in [0.1, 0.15) is 0 Å². The molecule has 3 fully saturated rings. The third-order valence-electron chi connectivity index (χ3n) is 6.92. The Balaban J connectivity index is 0.00000240. The fraction of sp³-hybridized carbons (Fsp3) is 0.652. The molecule has 2 atom stereocenters. The molecule has 2 unspecified atom stereocenters. The number of hydrogen-bond acceptors (Lipinski definition) is 3. The number of carbonyl (C=O) groups is 2. The van der Waals surface area contributed by atoms with E-state index in [1.54, 1.807) is 0 Å². The van der Waals surface area contributed by atoms with Crippen LogP contribution in [0.3, 0.4) is 0 Å². The first-order valence-electron chi connectivity index (χ1n) is 11.0. The van der Waals surface area contributed by atoms with Crippen molar-refractivity contribution in [3.05, 3.63) is 29.8 Å². The summed E-state index contributed by atoms with van der Waals surface area (Å²) < 4.78 is 0. The van der Waals surface area contributed by atoms with E-state index in [4.69, 9.17) is 0 Å². The molecule has 1 saturated carbocycles. The van der Waals surface area contributed by atoms with Crippen molar-refractivity contribution in [1.82, 2.24) is 10.2 Å². The van der Waals surface area contributed by atoms with Gasteiger partial charge in [-0.05, 0) is 56.6 Å². The molecule has 0 aromatic heterocycles. The molecular weight excluding hydrogens is 386 g/mol. The van der Waals surface area contributed by atoms with Gasteiger partial charge < -0.3 is 15.5 Å². The molecule has 0 radical (unpaired) electrons. The number of fused-ring (bicyclic) bond motifs is 2. The van der Waals surface area contributed by atoms with Crippen LogP contribution in [0, 0.1) is 5.92 Å². The van der Waals surface area contributed by atoms with E-state index >= 15 is 0 Å². The van der Waals surface area contributed by atoms with Gasteiger partial charge >= 0.3 is 0 Å². The van der Waals surface area contributed by atoms with Crippen molar-refractivity contribution in [2.75, 3.05) is 12.4 Å². The van der Waals surface area contributed by atoms with Gasteiger partial charge in [0.05, 0.1) is 11.3 Å². The Morgan fingerprint density at radius 2 is 1.69 bits per heavy atom. The van der Waals surface area contributed by atoms with Crippen LogP contribution in [0.15, 0.2) is 24.3 Å². The molecule has 6 heteroatoms. The van der Waals surface area contributed by atoms with Crippen molar-refractivity contribution in [3.8, 4) is 0 Å². The monoisotopic (exact) mass is 419 g/mol. The molecule has 2 aliphatic heterocycles. The summed E-state index contributed by atoms with van der Waals surface area (Å²) >= 11 is 0. The second kappa shape index (κ2) is 9.94. The van der Waals surface area contributed by atoms with Crippen LogP contribution >= 0.6 is 12.4 Å². The van der Waals surface area contributed by atoms with Crippen LogP contribution in [0.25, 0.3) is 0 Å². The minimum absolute atomic E-state index is 0. The average molecular weight is 420 g/mol. The lowest BCUT2D eigenvalue weighted by atomic mass is 9.89. The largest absolute Gasteiger partial charge is 0.339 e. The summed E-state index contributed by atoms with van der Waals surface area (Å²) in [5.41, 5.74) is 1.26. The molecule has 2 saturated heterocycles. The van der Waals surface area contributed by atoms with E-state index in [-0.39, 0.29) is 24.2 Å². The molecule has 2 heterocycles. The SMILES string of the molecule is CN(C(=O)c1ccccc1NC(=O)CC1CC2CCC(C1)N2)C1CCCCC1.Cl. The number of piperidine rings is 1. The summed E-state index contributed by atoms with van der Waals surface area (Å²) in [5, 5.41) is 6.67. The maximum atomic E-state index is 13.1. The highest BCUT2D eigenvalue weighted by atomic mass is 35.5. The number of nitrogens with one attached hydrogen (secondary N) is 2. The van der Waals surface area contributed by atoms with E-state index < -0.39 is 0 Å². The fourth-order valence-electron chi connectivity index (χ4n) is 5.41. The van der Waals surface area contributed by atoms with E-state index in [1.807, 2.05) is 36.2 Å². The number of hydrogen-bond donors (Lipinski definition) is 2. The highest BCUT2D eigenvalue weighted by Crippen LogP contribution is 2.33. The summed E-state index contributed by atoms with van der Waals surface area (Å²) in [4.78, 5) is 27.7. The van der Waals surface area contributed by atoms with Crippen LogP contribution in [0.5, 0.6) is 0 Å². The lowest BCUT2D eigenvalue weighted by molar-refractivity contribution is -0.117. The number of carbonyl (C=O) groups excluding carboxylic acids is 2. The predicted octanol–water partition coefficient (Wildman–Crippen LogP) is 4.37. The smallest absolute Gasteiger partial charge is 0.255 e. The molecule has 0 spiro atoms. The first kappa shape index (κ1) is 22.1.